The zero-order valence-corrected chi connectivity index (χ0v) is 16.1. The first-order chi connectivity index (χ1) is 11.6. The second-order valence-corrected chi connectivity index (χ2v) is 7.29. The van der Waals surface area contributed by atoms with Gasteiger partial charge in [-0.15, -0.1) is 12.4 Å². The van der Waals surface area contributed by atoms with E-state index in [-0.39, 0.29) is 18.3 Å². The Morgan fingerprint density at radius 1 is 1.24 bits per heavy atom. The number of nitrogens with zero attached hydrogens (tertiary/aromatic N) is 1. The van der Waals surface area contributed by atoms with Crippen molar-refractivity contribution in [2.45, 2.75) is 20.3 Å². The van der Waals surface area contributed by atoms with Crippen molar-refractivity contribution in [2.24, 2.45) is 17.8 Å². The van der Waals surface area contributed by atoms with Gasteiger partial charge in [0.1, 0.15) is 0 Å². The standard InChI is InChI=1S/C19H28N2O3.ClH/c1-13(2)6-7-24-17-5-4-14(8-18(17)23-3)19(22)21-11-15-9-20-10-16(15)12-21;/h4-5,8,13,15-16,20H,6-7,9-12H2,1-3H3;1H/t15-,16+;. The molecule has 0 spiro atoms. The van der Waals surface area contributed by atoms with Gasteiger partial charge >= 0.3 is 0 Å². The number of methoxy groups -OCH3 is 1. The highest BCUT2D eigenvalue weighted by Crippen LogP contribution is 2.31. The average Bonchev–Trinajstić information content (AvgIpc) is 3.15. The van der Waals surface area contributed by atoms with Crippen molar-refractivity contribution < 1.29 is 14.3 Å². The molecule has 0 bridgehead atoms. The van der Waals surface area contributed by atoms with Crippen molar-refractivity contribution in [3.63, 3.8) is 0 Å². The molecule has 1 aromatic carbocycles. The van der Waals surface area contributed by atoms with E-state index in [1.165, 1.54) is 0 Å². The van der Waals surface area contributed by atoms with Crippen LogP contribution in [0.3, 0.4) is 0 Å². The second kappa shape index (κ2) is 8.77. The number of halogens is 1. The van der Waals surface area contributed by atoms with Crippen molar-refractivity contribution in [3.05, 3.63) is 23.8 Å². The van der Waals surface area contributed by atoms with Crippen LogP contribution in [-0.2, 0) is 0 Å². The maximum absolute atomic E-state index is 12.8. The number of fused-ring (bicyclic) bond motifs is 1. The number of amides is 1. The van der Waals surface area contributed by atoms with Gasteiger partial charge in [0.2, 0.25) is 0 Å². The number of nitrogens with one attached hydrogen (secondary N) is 1. The highest BCUT2D eigenvalue weighted by molar-refractivity contribution is 5.95. The number of benzene rings is 1. The van der Waals surface area contributed by atoms with E-state index in [1.807, 2.05) is 17.0 Å². The average molecular weight is 369 g/mol. The van der Waals surface area contributed by atoms with Gasteiger partial charge in [-0.25, -0.2) is 0 Å². The fourth-order valence-corrected chi connectivity index (χ4v) is 3.53. The summed E-state index contributed by atoms with van der Waals surface area (Å²) in [6.45, 7) is 8.76. The summed E-state index contributed by atoms with van der Waals surface area (Å²) in [5.74, 6) is 3.24. The topological polar surface area (TPSA) is 50.8 Å². The Bertz CT molecular complexity index is 582. The fourth-order valence-electron chi connectivity index (χ4n) is 3.53. The van der Waals surface area contributed by atoms with Crippen LogP contribution in [-0.4, -0.2) is 50.7 Å². The van der Waals surface area contributed by atoms with E-state index in [9.17, 15) is 4.79 Å². The molecule has 2 aliphatic rings. The fraction of sp³-hybridized carbons (Fsp3) is 0.632. The summed E-state index contributed by atoms with van der Waals surface area (Å²) in [6, 6.07) is 5.51. The first kappa shape index (κ1) is 19.9. The van der Waals surface area contributed by atoms with Crippen LogP contribution in [0.15, 0.2) is 18.2 Å². The van der Waals surface area contributed by atoms with Crippen LogP contribution in [0, 0.1) is 17.8 Å². The third-order valence-corrected chi connectivity index (χ3v) is 5.04. The molecule has 2 aliphatic heterocycles. The molecule has 0 radical (unpaired) electrons. The maximum Gasteiger partial charge on any atom is 0.254 e. The van der Waals surface area contributed by atoms with Crippen molar-refractivity contribution in [1.29, 1.82) is 0 Å². The van der Waals surface area contributed by atoms with Gasteiger partial charge < -0.3 is 19.7 Å². The molecule has 0 aliphatic carbocycles. The van der Waals surface area contributed by atoms with E-state index < -0.39 is 0 Å². The lowest BCUT2D eigenvalue weighted by Crippen LogP contribution is -2.31. The van der Waals surface area contributed by atoms with Crippen LogP contribution in [0.2, 0.25) is 0 Å². The molecule has 2 heterocycles. The van der Waals surface area contributed by atoms with E-state index in [1.54, 1.807) is 13.2 Å². The lowest BCUT2D eigenvalue weighted by Gasteiger charge is -2.19. The van der Waals surface area contributed by atoms with Gasteiger partial charge in [0.25, 0.3) is 5.91 Å². The van der Waals surface area contributed by atoms with Crippen molar-refractivity contribution in [2.75, 3.05) is 39.9 Å². The van der Waals surface area contributed by atoms with Crippen LogP contribution >= 0.6 is 12.4 Å². The molecule has 1 amide bonds. The normalized spacial score (nSPS) is 21.8. The molecule has 25 heavy (non-hydrogen) atoms. The van der Waals surface area contributed by atoms with Crippen LogP contribution in [0.5, 0.6) is 11.5 Å². The number of hydrogen-bond acceptors (Lipinski definition) is 4. The molecule has 1 aromatic rings. The van der Waals surface area contributed by atoms with Crippen molar-refractivity contribution in [1.82, 2.24) is 10.2 Å². The summed E-state index contributed by atoms with van der Waals surface area (Å²) in [5.41, 5.74) is 0.677. The first-order valence-electron chi connectivity index (χ1n) is 8.89. The number of carbonyl (C=O) groups is 1. The summed E-state index contributed by atoms with van der Waals surface area (Å²) < 4.78 is 11.2. The van der Waals surface area contributed by atoms with Gasteiger partial charge in [-0.1, -0.05) is 13.8 Å². The van der Waals surface area contributed by atoms with Gasteiger partial charge in [-0.3, -0.25) is 4.79 Å². The minimum Gasteiger partial charge on any atom is -0.493 e. The van der Waals surface area contributed by atoms with Gasteiger partial charge in [-0.2, -0.15) is 0 Å². The van der Waals surface area contributed by atoms with Crippen molar-refractivity contribution in [3.8, 4) is 11.5 Å². The Balaban J connectivity index is 0.00000225. The van der Waals surface area contributed by atoms with Crippen LogP contribution < -0.4 is 14.8 Å². The Morgan fingerprint density at radius 2 is 1.92 bits per heavy atom. The zero-order valence-electron chi connectivity index (χ0n) is 15.3. The molecule has 2 fully saturated rings. The quantitative estimate of drug-likeness (QED) is 0.838. The molecule has 3 rings (SSSR count). The van der Waals surface area contributed by atoms with Crippen LogP contribution in [0.4, 0.5) is 0 Å². The lowest BCUT2D eigenvalue weighted by molar-refractivity contribution is 0.0781. The van der Waals surface area contributed by atoms with Crippen LogP contribution in [0.1, 0.15) is 30.6 Å². The number of rotatable bonds is 6. The number of carbonyl (C=O) groups excluding carboxylic acids is 1. The summed E-state index contributed by atoms with van der Waals surface area (Å²) in [6.07, 6.45) is 0.994. The minimum absolute atomic E-state index is 0. The highest BCUT2D eigenvalue weighted by atomic mass is 35.5. The summed E-state index contributed by atoms with van der Waals surface area (Å²) >= 11 is 0. The number of likely N-dealkylation sites (tertiary alicyclic amines) is 1. The molecule has 6 heteroatoms. The van der Waals surface area contributed by atoms with E-state index in [4.69, 9.17) is 9.47 Å². The van der Waals surface area contributed by atoms with Crippen LogP contribution in [0.25, 0.3) is 0 Å². The summed E-state index contributed by atoms with van der Waals surface area (Å²) in [7, 11) is 1.62. The molecular formula is C19H29ClN2O3. The molecule has 1 N–H and O–H groups in total. The van der Waals surface area contributed by atoms with Gasteiger partial charge in [0, 0.05) is 31.7 Å². The maximum atomic E-state index is 12.8. The van der Waals surface area contributed by atoms with E-state index in [2.05, 4.69) is 19.2 Å². The van der Waals surface area contributed by atoms with E-state index >= 15 is 0 Å². The molecule has 0 unspecified atom stereocenters. The largest absolute Gasteiger partial charge is 0.493 e. The number of ether oxygens (including phenoxy) is 2. The smallest absolute Gasteiger partial charge is 0.254 e. The van der Waals surface area contributed by atoms with Gasteiger partial charge in [0.05, 0.1) is 13.7 Å². The molecule has 2 saturated heterocycles. The van der Waals surface area contributed by atoms with Gasteiger partial charge in [0.15, 0.2) is 11.5 Å². The second-order valence-electron chi connectivity index (χ2n) is 7.29. The summed E-state index contributed by atoms with van der Waals surface area (Å²) in [5, 5.41) is 3.40. The third-order valence-electron chi connectivity index (χ3n) is 5.04. The monoisotopic (exact) mass is 368 g/mol. The molecule has 140 valence electrons. The summed E-state index contributed by atoms with van der Waals surface area (Å²) in [4.78, 5) is 14.7. The molecule has 2 atom stereocenters. The third kappa shape index (κ3) is 4.59. The Labute approximate surface area is 156 Å². The molecule has 0 saturated carbocycles. The Morgan fingerprint density at radius 3 is 2.52 bits per heavy atom. The SMILES string of the molecule is COc1cc(C(=O)N2C[C@H]3CNC[C@H]3C2)ccc1OCCC(C)C.Cl. The highest BCUT2D eigenvalue weighted by Gasteiger charge is 2.38. The van der Waals surface area contributed by atoms with Gasteiger partial charge in [-0.05, 0) is 42.4 Å². The minimum atomic E-state index is 0. The molecule has 0 aromatic heterocycles. The zero-order chi connectivity index (χ0) is 17.1. The molecular weight excluding hydrogens is 340 g/mol. The van der Waals surface area contributed by atoms with E-state index in [0.717, 1.165) is 32.6 Å². The predicted octanol–water partition coefficient (Wildman–Crippen LogP) is 2.83. The number of hydrogen-bond donors (Lipinski definition) is 1. The van der Waals surface area contributed by atoms with E-state index in [0.29, 0.717) is 41.4 Å². The Hall–Kier alpha value is -1.46. The molecule has 5 nitrogen and oxygen atoms in total. The lowest BCUT2D eigenvalue weighted by atomic mass is 10.0. The first-order valence-corrected chi connectivity index (χ1v) is 8.89. The predicted molar refractivity (Wildman–Crippen MR) is 101 cm³/mol. The Kier molecular flexibility index (Phi) is 6.96. The van der Waals surface area contributed by atoms with Crippen molar-refractivity contribution >= 4 is 18.3 Å².